The average Bonchev–Trinajstić information content (AvgIpc) is 3.28. The van der Waals surface area contributed by atoms with Gasteiger partial charge in [0, 0.05) is 19.6 Å². The Kier molecular flexibility index (Phi) is 6.46. The lowest BCUT2D eigenvalue weighted by Gasteiger charge is -2.33. The molecule has 25 heavy (non-hydrogen) atoms. The summed E-state index contributed by atoms with van der Waals surface area (Å²) in [5, 5.41) is 10.6. The third-order valence-corrected chi connectivity index (χ3v) is 5.94. The van der Waals surface area contributed by atoms with Crippen molar-refractivity contribution in [3.8, 4) is 0 Å². The Morgan fingerprint density at radius 3 is 2.88 bits per heavy atom. The van der Waals surface area contributed by atoms with Crippen LogP contribution in [0.2, 0.25) is 0 Å². The SMILES string of the molecule is Cc1ccc([C@H](CNC(=O)[C@@H](C)Sc2nncs2)N2CCOCC2)o1. The summed E-state index contributed by atoms with van der Waals surface area (Å²) in [4.78, 5) is 14.7. The maximum Gasteiger partial charge on any atom is 0.233 e. The van der Waals surface area contributed by atoms with Gasteiger partial charge in [0.05, 0.1) is 24.5 Å². The van der Waals surface area contributed by atoms with Gasteiger partial charge in [-0.1, -0.05) is 23.1 Å². The van der Waals surface area contributed by atoms with Crippen molar-refractivity contribution in [1.82, 2.24) is 20.4 Å². The van der Waals surface area contributed by atoms with Crippen LogP contribution in [0.15, 0.2) is 26.4 Å². The lowest BCUT2D eigenvalue weighted by Crippen LogP contribution is -2.44. The first-order valence-corrected chi connectivity index (χ1v) is 9.98. The third-order valence-electron chi connectivity index (χ3n) is 4.03. The highest BCUT2D eigenvalue weighted by Crippen LogP contribution is 2.26. The van der Waals surface area contributed by atoms with Crippen LogP contribution in [0, 0.1) is 6.92 Å². The molecule has 0 saturated carbocycles. The van der Waals surface area contributed by atoms with Gasteiger partial charge in [-0.05, 0) is 26.0 Å². The van der Waals surface area contributed by atoms with E-state index in [1.807, 2.05) is 26.0 Å². The van der Waals surface area contributed by atoms with Crippen LogP contribution in [0.3, 0.4) is 0 Å². The Morgan fingerprint density at radius 1 is 1.44 bits per heavy atom. The molecule has 1 saturated heterocycles. The van der Waals surface area contributed by atoms with E-state index in [0.717, 1.165) is 28.9 Å². The predicted octanol–water partition coefficient (Wildman–Crippen LogP) is 2.11. The highest BCUT2D eigenvalue weighted by molar-refractivity contribution is 8.02. The van der Waals surface area contributed by atoms with Gasteiger partial charge in [-0.25, -0.2) is 0 Å². The monoisotopic (exact) mass is 382 g/mol. The number of amides is 1. The quantitative estimate of drug-likeness (QED) is 0.735. The molecule has 1 aliphatic rings. The lowest BCUT2D eigenvalue weighted by atomic mass is 10.1. The summed E-state index contributed by atoms with van der Waals surface area (Å²) in [5.41, 5.74) is 1.67. The summed E-state index contributed by atoms with van der Waals surface area (Å²) >= 11 is 2.86. The van der Waals surface area contributed by atoms with Crippen LogP contribution in [0.25, 0.3) is 0 Å². The number of ether oxygens (including phenoxy) is 1. The number of nitrogens with one attached hydrogen (secondary N) is 1. The molecule has 1 amide bonds. The van der Waals surface area contributed by atoms with Crippen LogP contribution in [-0.4, -0.2) is 59.1 Å². The molecule has 3 heterocycles. The van der Waals surface area contributed by atoms with E-state index in [1.165, 1.54) is 23.1 Å². The van der Waals surface area contributed by atoms with Crippen molar-refractivity contribution in [3.05, 3.63) is 29.2 Å². The molecule has 3 rings (SSSR count). The normalized spacial score (nSPS) is 18.0. The fourth-order valence-electron chi connectivity index (χ4n) is 2.69. The minimum Gasteiger partial charge on any atom is -0.465 e. The van der Waals surface area contributed by atoms with Crippen molar-refractivity contribution in [2.24, 2.45) is 0 Å². The summed E-state index contributed by atoms with van der Waals surface area (Å²) in [6.07, 6.45) is 0. The summed E-state index contributed by atoms with van der Waals surface area (Å²) < 4.78 is 12.1. The molecule has 0 bridgehead atoms. The summed E-state index contributed by atoms with van der Waals surface area (Å²) in [6.45, 7) is 7.37. The fourth-order valence-corrected chi connectivity index (χ4v) is 4.34. The molecule has 0 aromatic carbocycles. The molecule has 2 aromatic heterocycles. The molecule has 1 fully saturated rings. The van der Waals surface area contributed by atoms with E-state index in [1.54, 1.807) is 5.51 Å². The first kappa shape index (κ1) is 18.4. The van der Waals surface area contributed by atoms with Gasteiger partial charge in [0.1, 0.15) is 17.0 Å². The molecule has 0 aliphatic carbocycles. The molecule has 0 spiro atoms. The second kappa shape index (κ2) is 8.79. The molecule has 7 nitrogen and oxygen atoms in total. The van der Waals surface area contributed by atoms with Gasteiger partial charge in [-0.3, -0.25) is 9.69 Å². The van der Waals surface area contributed by atoms with Gasteiger partial charge >= 0.3 is 0 Å². The third kappa shape index (κ3) is 5.04. The van der Waals surface area contributed by atoms with E-state index in [0.29, 0.717) is 19.8 Å². The maximum absolute atomic E-state index is 12.4. The second-order valence-electron chi connectivity index (χ2n) is 5.82. The number of hydrogen-bond donors (Lipinski definition) is 1. The van der Waals surface area contributed by atoms with Crippen molar-refractivity contribution >= 4 is 29.0 Å². The van der Waals surface area contributed by atoms with Crippen LogP contribution in [0.1, 0.15) is 24.5 Å². The lowest BCUT2D eigenvalue weighted by molar-refractivity contribution is -0.120. The number of morpholine rings is 1. The number of aromatic nitrogens is 2. The summed E-state index contributed by atoms with van der Waals surface area (Å²) in [6, 6.07) is 3.96. The number of hydrogen-bond acceptors (Lipinski definition) is 8. The molecule has 0 radical (unpaired) electrons. The van der Waals surface area contributed by atoms with Crippen molar-refractivity contribution in [2.45, 2.75) is 29.5 Å². The zero-order valence-corrected chi connectivity index (χ0v) is 15.9. The van der Waals surface area contributed by atoms with Gasteiger partial charge in [0.15, 0.2) is 4.34 Å². The summed E-state index contributed by atoms with van der Waals surface area (Å²) in [5.74, 6) is 1.74. The zero-order chi connectivity index (χ0) is 17.6. The standard InChI is InChI=1S/C16H22N4O3S2/c1-11-3-4-14(23-11)13(20-5-7-22-8-6-20)9-17-15(21)12(2)25-16-19-18-10-24-16/h3-4,10,12-13H,5-9H2,1-2H3,(H,17,21)/t12-,13+/m1/s1. The minimum absolute atomic E-state index is 0.0123. The highest BCUT2D eigenvalue weighted by Gasteiger charge is 2.26. The average molecular weight is 383 g/mol. The topological polar surface area (TPSA) is 80.5 Å². The Morgan fingerprint density at radius 2 is 2.24 bits per heavy atom. The smallest absolute Gasteiger partial charge is 0.233 e. The fraction of sp³-hybridized carbons (Fsp3) is 0.562. The molecule has 1 N–H and O–H groups in total. The number of nitrogens with zero attached hydrogens (tertiary/aromatic N) is 3. The van der Waals surface area contributed by atoms with Crippen LogP contribution in [0.5, 0.6) is 0 Å². The van der Waals surface area contributed by atoms with Crippen molar-refractivity contribution in [1.29, 1.82) is 0 Å². The van der Waals surface area contributed by atoms with E-state index in [9.17, 15) is 4.79 Å². The number of thioether (sulfide) groups is 1. The number of carbonyl (C=O) groups is 1. The van der Waals surface area contributed by atoms with E-state index in [2.05, 4.69) is 20.4 Å². The maximum atomic E-state index is 12.4. The van der Waals surface area contributed by atoms with E-state index < -0.39 is 0 Å². The zero-order valence-electron chi connectivity index (χ0n) is 14.3. The van der Waals surface area contributed by atoms with Crippen LogP contribution in [-0.2, 0) is 9.53 Å². The molecule has 2 aromatic rings. The van der Waals surface area contributed by atoms with E-state index >= 15 is 0 Å². The van der Waals surface area contributed by atoms with Gasteiger partial charge in [-0.2, -0.15) is 0 Å². The first-order chi connectivity index (χ1) is 12.1. The van der Waals surface area contributed by atoms with E-state index in [-0.39, 0.29) is 17.2 Å². The van der Waals surface area contributed by atoms with Gasteiger partial charge < -0.3 is 14.5 Å². The Hall–Kier alpha value is -1.42. The molecule has 2 atom stereocenters. The van der Waals surface area contributed by atoms with Crippen molar-refractivity contribution < 1.29 is 13.9 Å². The predicted molar refractivity (Wildman–Crippen MR) is 96.8 cm³/mol. The van der Waals surface area contributed by atoms with Crippen LogP contribution in [0.4, 0.5) is 0 Å². The molecular formula is C16H22N4O3S2. The van der Waals surface area contributed by atoms with Crippen molar-refractivity contribution in [2.75, 3.05) is 32.8 Å². The molecule has 136 valence electrons. The molecule has 1 aliphatic heterocycles. The molecule has 9 heteroatoms. The number of furan rings is 1. The Labute approximate surface area is 155 Å². The van der Waals surface area contributed by atoms with Gasteiger partial charge in [0.25, 0.3) is 0 Å². The highest BCUT2D eigenvalue weighted by atomic mass is 32.2. The summed E-state index contributed by atoms with van der Waals surface area (Å²) in [7, 11) is 0. The van der Waals surface area contributed by atoms with E-state index in [4.69, 9.17) is 9.15 Å². The number of rotatable bonds is 7. The minimum atomic E-state index is -0.225. The van der Waals surface area contributed by atoms with Gasteiger partial charge in [-0.15, -0.1) is 10.2 Å². The van der Waals surface area contributed by atoms with Crippen LogP contribution >= 0.6 is 23.1 Å². The molecule has 0 unspecified atom stereocenters. The number of aryl methyl sites for hydroxylation is 1. The number of carbonyl (C=O) groups excluding carboxylic acids is 1. The molecular weight excluding hydrogens is 360 g/mol. The largest absolute Gasteiger partial charge is 0.465 e. The van der Waals surface area contributed by atoms with Crippen LogP contribution < -0.4 is 5.32 Å². The van der Waals surface area contributed by atoms with Gasteiger partial charge in [0.2, 0.25) is 5.91 Å². The first-order valence-electron chi connectivity index (χ1n) is 8.22. The second-order valence-corrected chi connectivity index (χ2v) is 8.24. The Balaban J connectivity index is 1.60. The van der Waals surface area contributed by atoms with Crippen molar-refractivity contribution in [3.63, 3.8) is 0 Å². The Bertz CT molecular complexity index is 671.